The lowest BCUT2D eigenvalue weighted by molar-refractivity contribution is -0.142. The highest BCUT2D eigenvalue weighted by molar-refractivity contribution is 5.98. The second-order valence-corrected chi connectivity index (χ2v) is 5.90. The van der Waals surface area contributed by atoms with Crippen LogP contribution in [0.1, 0.15) is 49.4 Å². The molecule has 3 heteroatoms. The number of carbonyl (C=O) groups is 2. The van der Waals surface area contributed by atoms with E-state index in [0.717, 1.165) is 31.2 Å². The van der Waals surface area contributed by atoms with Crippen molar-refractivity contribution in [1.82, 2.24) is 0 Å². The van der Waals surface area contributed by atoms with E-state index in [0.29, 0.717) is 12.3 Å². The Morgan fingerprint density at radius 3 is 2.43 bits per heavy atom. The molecule has 0 saturated heterocycles. The topological polar surface area (TPSA) is 43.4 Å². The van der Waals surface area contributed by atoms with Crippen molar-refractivity contribution in [2.24, 2.45) is 17.8 Å². The summed E-state index contributed by atoms with van der Waals surface area (Å²) in [6.45, 7) is 2.14. The van der Waals surface area contributed by atoms with Gasteiger partial charge in [-0.3, -0.25) is 9.59 Å². The Morgan fingerprint density at radius 1 is 1.14 bits per heavy atom. The number of carbonyl (C=O) groups excluding carboxylic acids is 2. The number of ether oxygens (including phenoxy) is 1. The lowest BCUT2D eigenvalue weighted by Gasteiger charge is -2.36. The molecule has 114 valence electrons. The summed E-state index contributed by atoms with van der Waals surface area (Å²) >= 11 is 0. The highest BCUT2D eigenvalue weighted by Crippen LogP contribution is 2.40. The smallest absolute Gasteiger partial charge is 0.305 e. The van der Waals surface area contributed by atoms with E-state index in [1.165, 1.54) is 7.11 Å². The first-order valence-corrected chi connectivity index (χ1v) is 7.83. The van der Waals surface area contributed by atoms with Gasteiger partial charge in [0.2, 0.25) is 0 Å². The van der Waals surface area contributed by atoms with Crippen LogP contribution in [0.4, 0.5) is 0 Å². The van der Waals surface area contributed by atoms with Gasteiger partial charge in [-0.2, -0.15) is 0 Å². The molecule has 0 aliphatic heterocycles. The molecule has 0 spiro atoms. The Kier molecular flexibility index (Phi) is 5.54. The fourth-order valence-electron chi connectivity index (χ4n) is 3.59. The summed E-state index contributed by atoms with van der Waals surface area (Å²) in [7, 11) is 1.41. The van der Waals surface area contributed by atoms with Gasteiger partial charge in [0, 0.05) is 17.9 Å². The quantitative estimate of drug-likeness (QED) is 0.610. The third kappa shape index (κ3) is 3.72. The zero-order valence-corrected chi connectivity index (χ0v) is 12.9. The summed E-state index contributed by atoms with van der Waals surface area (Å²) in [5.41, 5.74) is 0.762. The molecule has 3 atom stereocenters. The molecule has 1 saturated carbocycles. The van der Waals surface area contributed by atoms with Crippen LogP contribution >= 0.6 is 0 Å². The Morgan fingerprint density at radius 2 is 1.81 bits per heavy atom. The molecule has 0 bridgehead atoms. The van der Waals surface area contributed by atoms with E-state index in [9.17, 15) is 9.59 Å². The Labute approximate surface area is 126 Å². The number of hydrogen-bond acceptors (Lipinski definition) is 3. The molecule has 2 rings (SSSR count). The van der Waals surface area contributed by atoms with Crippen LogP contribution in [0.2, 0.25) is 0 Å². The van der Waals surface area contributed by atoms with E-state index < -0.39 is 0 Å². The summed E-state index contributed by atoms with van der Waals surface area (Å²) in [5.74, 6) is 0.425. The second kappa shape index (κ2) is 7.39. The third-order valence-corrected chi connectivity index (χ3v) is 4.71. The van der Waals surface area contributed by atoms with Gasteiger partial charge in [0.15, 0.2) is 5.78 Å². The zero-order valence-electron chi connectivity index (χ0n) is 12.9. The second-order valence-electron chi connectivity index (χ2n) is 5.90. The monoisotopic (exact) mass is 288 g/mol. The molecule has 0 radical (unpaired) electrons. The predicted molar refractivity (Wildman–Crippen MR) is 82.0 cm³/mol. The fourth-order valence-corrected chi connectivity index (χ4v) is 3.59. The minimum atomic E-state index is -0.206. The molecule has 1 aliphatic carbocycles. The van der Waals surface area contributed by atoms with Gasteiger partial charge in [0.05, 0.1) is 7.11 Å². The molecule has 0 unspecified atom stereocenters. The molecule has 3 nitrogen and oxygen atoms in total. The van der Waals surface area contributed by atoms with Crippen molar-refractivity contribution < 1.29 is 14.3 Å². The molecule has 0 heterocycles. The van der Waals surface area contributed by atoms with Crippen LogP contribution in [0, 0.1) is 17.8 Å². The number of hydrogen-bond donors (Lipinski definition) is 0. The van der Waals surface area contributed by atoms with Crippen molar-refractivity contribution in [2.75, 3.05) is 7.11 Å². The first-order chi connectivity index (χ1) is 10.2. The highest BCUT2D eigenvalue weighted by Gasteiger charge is 2.38. The van der Waals surface area contributed by atoms with Crippen molar-refractivity contribution in [3.63, 3.8) is 0 Å². The van der Waals surface area contributed by atoms with E-state index in [1.54, 1.807) is 0 Å². The Bertz CT molecular complexity index is 480. The predicted octanol–water partition coefficient (Wildman–Crippen LogP) is 3.87. The van der Waals surface area contributed by atoms with Crippen LogP contribution < -0.4 is 0 Å². The lowest BCUT2D eigenvalue weighted by Crippen LogP contribution is -2.36. The molecular weight excluding hydrogens is 264 g/mol. The van der Waals surface area contributed by atoms with E-state index in [4.69, 9.17) is 4.74 Å². The Hall–Kier alpha value is -1.64. The summed E-state index contributed by atoms with van der Waals surface area (Å²) in [6, 6.07) is 9.46. The average Bonchev–Trinajstić information content (AvgIpc) is 2.54. The largest absolute Gasteiger partial charge is 0.469 e. The molecule has 0 amide bonds. The molecule has 1 aromatic carbocycles. The van der Waals surface area contributed by atoms with Crippen molar-refractivity contribution in [2.45, 2.75) is 39.0 Å². The minimum absolute atomic E-state index is 0.0507. The van der Waals surface area contributed by atoms with Gasteiger partial charge in [-0.25, -0.2) is 0 Å². The van der Waals surface area contributed by atoms with Crippen LogP contribution in [0.3, 0.4) is 0 Å². The van der Waals surface area contributed by atoms with Crippen molar-refractivity contribution in [3.05, 3.63) is 35.9 Å². The normalized spacial score (nSPS) is 25.3. The number of methoxy groups -OCH3 is 1. The molecule has 1 fully saturated rings. The fraction of sp³-hybridized carbons (Fsp3) is 0.556. The van der Waals surface area contributed by atoms with E-state index in [2.05, 4.69) is 6.92 Å². The van der Waals surface area contributed by atoms with Crippen molar-refractivity contribution in [1.29, 1.82) is 0 Å². The van der Waals surface area contributed by atoms with E-state index in [1.807, 2.05) is 30.3 Å². The molecule has 1 aliphatic rings. The maximum atomic E-state index is 12.9. The number of rotatable bonds is 5. The third-order valence-electron chi connectivity index (χ3n) is 4.71. The minimum Gasteiger partial charge on any atom is -0.469 e. The number of esters is 1. The van der Waals surface area contributed by atoms with Crippen LogP contribution in [0.5, 0.6) is 0 Å². The van der Waals surface area contributed by atoms with Crippen molar-refractivity contribution >= 4 is 11.8 Å². The van der Waals surface area contributed by atoms with Gasteiger partial charge in [0.25, 0.3) is 0 Å². The summed E-state index contributed by atoms with van der Waals surface area (Å²) in [4.78, 5) is 24.5. The van der Waals surface area contributed by atoms with Crippen LogP contribution in [-0.4, -0.2) is 18.9 Å². The van der Waals surface area contributed by atoms with Gasteiger partial charge < -0.3 is 4.74 Å². The molecular formula is C18H24O3. The van der Waals surface area contributed by atoms with Crippen LogP contribution in [0.15, 0.2) is 30.3 Å². The Balaban J connectivity index is 2.23. The van der Waals surface area contributed by atoms with Gasteiger partial charge in [-0.05, 0) is 24.7 Å². The zero-order chi connectivity index (χ0) is 15.2. The highest BCUT2D eigenvalue weighted by atomic mass is 16.5. The SMILES string of the molecule is CC[C@@H]1CCC[C@H](CC(=O)OC)[C@H]1C(=O)c1ccccc1. The van der Waals surface area contributed by atoms with Gasteiger partial charge in [0.1, 0.15) is 0 Å². The van der Waals surface area contributed by atoms with Gasteiger partial charge in [-0.1, -0.05) is 50.1 Å². The number of ketones is 1. The van der Waals surface area contributed by atoms with Gasteiger partial charge >= 0.3 is 5.97 Å². The van der Waals surface area contributed by atoms with Gasteiger partial charge in [-0.15, -0.1) is 0 Å². The molecule has 0 N–H and O–H groups in total. The lowest BCUT2D eigenvalue weighted by atomic mass is 9.67. The summed E-state index contributed by atoms with van der Waals surface area (Å²) in [5, 5.41) is 0. The van der Waals surface area contributed by atoms with Crippen LogP contribution in [-0.2, 0) is 9.53 Å². The standard InChI is InChI=1S/C18H24O3/c1-3-13-10-7-11-15(12-16(19)21-2)17(13)18(20)14-8-5-4-6-9-14/h4-6,8-9,13,15,17H,3,7,10-12H2,1-2H3/t13-,15-,17+/m1/s1. The maximum Gasteiger partial charge on any atom is 0.305 e. The van der Waals surface area contributed by atoms with E-state index in [-0.39, 0.29) is 23.6 Å². The maximum absolute atomic E-state index is 12.9. The van der Waals surface area contributed by atoms with Crippen molar-refractivity contribution in [3.8, 4) is 0 Å². The first-order valence-electron chi connectivity index (χ1n) is 7.83. The molecule has 1 aromatic rings. The molecule has 21 heavy (non-hydrogen) atoms. The first kappa shape index (κ1) is 15.7. The number of Topliss-reactive ketones (excluding diaryl/α,β-unsaturated/α-hetero) is 1. The average molecular weight is 288 g/mol. The summed E-state index contributed by atoms with van der Waals surface area (Å²) in [6.07, 6.45) is 4.46. The van der Waals surface area contributed by atoms with E-state index >= 15 is 0 Å². The number of benzene rings is 1. The summed E-state index contributed by atoms with van der Waals surface area (Å²) < 4.78 is 4.81. The molecule has 0 aromatic heterocycles. The van der Waals surface area contributed by atoms with Crippen LogP contribution in [0.25, 0.3) is 0 Å².